The average molecular weight is 837 g/mol. The Hall–Kier alpha value is -2.59. The normalized spacial score (nSPS) is 14.5. The second kappa shape index (κ2) is 42.5. The molecule has 0 saturated heterocycles. The van der Waals surface area contributed by atoms with E-state index in [4.69, 9.17) is 23.6 Å². The fourth-order valence-electron chi connectivity index (χ4n) is 5.65. The molecule has 0 aromatic carbocycles. The van der Waals surface area contributed by atoms with Crippen molar-refractivity contribution in [2.75, 3.05) is 26.4 Å². The van der Waals surface area contributed by atoms with Crippen molar-refractivity contribution in [1.29, 1.82) is 0 Å². The summed E-state index contributed by atoms with van der Waals surface area (Å²) >= 11 is 0. The van der Waals surface area contributed by atoms with Gasteiger partial charge in [0.2, 0.25) is 0 Å². The fourth-order valence-corrected chi connectivity index (χ4v) is 6.44. The first-order chi connectivity index (χ1) is 28.2. The smallest absolute Gasteiger partial charge is 0.462 e. The molecule has 58 heavy (non-hydrogen) atoms. The molecular formula is C47H81O10P. The van der Waals surface area contributed by atoms with Crippen molar-refractivity contribution >= 4 is 19.8 Å². The number of hydrogen-bond donors (Lipinski definition) is 3. The Morgan fingerprint density at radius 2 is 0.948 bits per heavy atom. The van der Waals surface area contributed by atoms with E-state index in [0.29, 0.717) is 12.8 Å². The maximum absolute atomic E-state index is 12.6. The Kier molecular flexibility index (Phi) is 40.6. The number of carbonyl (C=O) groups excluding carboxylic acids is 2. The van der Waals surface area contributed by atoms with Crippen molar-refractivity contribution in [2.24, 2.45) is 0 Å². The zero-order chi connectivity index (χ0) is 42.6. The summed E-state index contributed by atoms with van der Waals surface area (Å²) in [6, 6.07) is 0. The second-order valence-electron chi connectivity index (χ2n) is 14.7. The average Bonchev–Trinajstić information content (AvgIpc) is 3.21. The fraction of sp³-hybridized carbons (Fsp3) is 0.702. The van der Waals surface area contributed by atoms with Gasteiger partial charge < -0.3 is 24.6 Å². The van der Waals surface area contributed by atoms with E-state index in [2.05, 4.69) is 86.8 Å². The van der Waals surface area contributed by atoms with Gasteiger partial charge in [0.05, 0.1) is 19.8 Å². The first kappa shape index (κ1) is 55.4. The van der Waals surface area contributed by atoms with Gasteiger partial charge in [0, 0.05) is 12.8 Å². The highest BCUT2D eigenvalue weighted by molar-refractivity contribution is 7.47. The first-order valence-electron chi connectivity index (χ1n) is 22.4. The lowest BCUT2D eigenvalue weighted by atomic mass is 10.1. The largest absolute Gasteiger partial charge is 0.472 e. The molecule has 0 amide bonds. The lowest BCUT2D eigenvalue weighted by Crippen LogP contribution is -2.29. The van der Waals surface area contributed by atoms with Crippen molar-refractivity contribution in [3.05, 3.63) is 72.9 Å². The summed E-state index contributed by atoms with van der Waals surface area (Å²) in [6.45, 7) is 2.19. The summed E-state index contributed by atoms with van der Waals surface area (Å²) in [5, 5.41) is 18.3. The summed E-state index contributed by atoms with van der Waals surface area (Å²) in [6.07, 6.45) is 48.6. The monoisotopic (exact) mass is 837 g/mol. The van der Waals surface area contributed by atoms with Gasteiger partial charge in [0.1, 0.15) is 12.7 Å². The number of allylic oxidation sites excluding steroid dienone is 12. The first-order valence-corrected chi connectivity index (χ1v) is 23.9. The summed E-state index contributed by atoms with van der Waals surface area (Å²) < 4.78 is 32.7. The maximum Gasteiger partial charge on any atom is 0.472 e. The highest BCUT2D eigenvalue weighted by Gasteiger charge is 2.27. The third kappa shape index (κ3) is 41.6. The molecule has 334 valence electrons. The van der Waals surface area contributed by atoms with Crippen LogP contribution in [0, 0.1) is 0 Å². The number of phosphoric acid groups is 1. The Balaban J connectivity index is 4.30. The molecule has 0 aliphatic carbocycles. The van der Waals surface area contributed by atoms with Crippen LogP contribution in [0.25, 0.3) is 0 Å². The van der Waals surface area contributed by atoms with Crippen LogP contribution in [-0.2, 0) is 32.7 Å². The molecule has 0 aromatic heterocycles. The highest BCUT2D eigenvalue weighted by atomic mass is 31.2. The molecule has 3 unspecified atom stereocenters. The molecule has 0 aromatic rings. The van der Waals surface area contributed by atoms with Crippen LogP contribution in [0.2, 0.25) is 0 Å². The zero-order valence-electron chi connectivity index (χ0n) is 36.2. The maximum atomic E-state index is 12.6. The van der Waals surface area contributed by atoms with Crippen LogP contribution in [0.5, 0.6) is 0 Å². The molecule has 10 nitrogen and oxygen atoms in total. The van der Waals surface area contributed by atoms with Gasteiger partial charge in [-0.1, -0.05) is 157 Å². The lowest BCUT2D eigenvalue weighted by molar-refractivity contribution is -0.161. The zero-order valence-corrected chi connectivity index (χ0v) is 37.1. The molecule has 0 fully saturated rings. The van der Waals surface area contributed by atoms with Crippen LogP contribution < -0.4 is 0 Å². The topological polar surface area (TPSA) is 149 Å². The van der Waals surface area contributed by atoms with E-state index >= 15 is 0 Å². The highest BCUT2D eigenvalue weighted by Crippen LogP contribution is 2.43. The molecule has 0 spiro atoms. The van der Waals surface area contributed by atoms with Crippen LogP contribution in [0.3, 0.4) is 0 Å². The quantitative estimate of drug-likeness (QED) is 0.0235. The molecule has 3 N–H and O–H groups in total. The molecule has 0 aliphatic heterocycles. The van der Waals surface area contributed by atoms with Crippen LogP contribution in [0.15, 0.2) is 72.9 Å². The number of unbranched alkanes of at least 4 members (excludes halogenated alkanes) is 15. The number of aliphatic hydroxyl groups excluding tert-OH is 2. The van der Waals surface area contributed by atoms with E-state index in [1.165, 1.54) is 32.1 Å². The van der Waals surface area contributed by atoms with Gasteiger partial charge in [0.25, 0.3) is 0 Å². The molecular weight excluding hydrogens is 755 g/mol. The van der Waals surface area contributed by atoms with Crippen molar-refractivity contribution in [3.63, 3.8) is 0 Å². The minimum Gasteiger partial charge on any atom is -0.462 e. The van der Waals surface area contributed by atoms with Gasteiger partial charge in [-0.3, -0.25) is 18.6 Å². The van der Waals surface area contributed by atoms with E-state index in [1.807, 2.05) is 0 Å². The van der Waals surface area contributed by atoms with Gasteiger partial charge in [-0.05, 0) is 77.0 Å². The third-order valence-corrected chi connectivity index (χ3v) is 10.0. The SMILES string of the molecule is CC/C=C\C/C=C\C/C=C\C/C=C\CCCCCCCCCCC(=O)OC(COC(=O)CCCCCCC/C=C\C/C=C\CCCC)COP(=O)(O)OCC(O)CO. The van der Waals surface area contributed by atoms with Crippen LogP contribution in [-0.4, -0.2) is 65.7 Å². The molecule has 0 aliphatic rings. The predicted octanol–water partition coefficient (Wildman–Crippen LogP) is 12.1. The molecule has 0 heterocycles. The van der Waals surface area contributed by atoms with E-state index in [-0.39, 0.29) is 19.4 Å². The second-order valence-corrected chi connectivity index (χ2v) is 16.1. The standard InChI is InChI=1S/C47H81O10P/c1-3-5-7-9-11-13-15-17-19-20-21-22-23-24-25-27-29-31-33-35-37-39-47(51)57-45(43-56-58(52,53)55-41-44(49)40-48)42-54-46(50)38-36-34-32-30-28-26-18-16-14-12-10-8-6-4-2/h5,7,10-13,16-19,21-22,44-45,48-49H,3-4,6,8-9,14-15,20,23-43H2,1-2H3,(H,52,53)/b7-5-,12-10-,13-11-,18-16-,19-17-,22-21-. The van der Waals surface area contributed by atoms with Crippen molar-refractivity contribution in [1.82, 2.24) is 0 Å². The van der Waals surface area contributed by atoms with Crippen molar-refractivity contribution in [3.8, 4) is 0 Å². The third-order valence-electron chi connectivity index (χ3n) is 9.09. The molecule has 0 radical (unpaired) electrons. The summed E-state index contributed by atoms with van der Waals surface area (Å²) in [5.74, 6) is -0.955. The van der Waals surface area contributed by atoms with Gasteiger partial charge in [-0.2, -0.15) is 0 Å². The van der Waals surface area contributed by atoms with E-state index in [1.54, 1.807) is 0 Å². The lowest BCUT2D eigenvalue weighted by Gasteiger charge is -2.20. The molecule has 0 rings (SSSR count). The van der Waals surface area contributed by atoms with Crippen LogP contribution >= 0.6 is 7.82 Å². The van der Waals surface area contributed by atoms with Crippen molar-refractivity contribution in [2.45, 2.75) is 187 Å². The number of aliphatic hydroxyl groups is 2. The van der Waals surface area contributed by atoms with Gasteiger partial charge in [-0.25, -0.2) is 4.57 Å². The van der Waals surface area contributed by atoms with E-state index < -0.39 is 51.8 Å². The number of ether oxygens (including phenoxy) is 2. The van der Waals surface area contributed by atoms with Crippen LogP contribution in [0.1, 0.15) is 174 Å². The van der Waals surface area contributed by atoms with E-state index in [0.717, 1.165) is 103 Å². The van der Waals surface area contributed by atoms with E-state index in [9.17, 15) is 24.2 Å². The molecule has 0 bridgehead atoms. The van der Waals surface area contributed by atoms with Gasteiger partial charge >= 0.3 is 19.8 Å². The number of hydrogen-bond acceptors (Lipinski definition) is 9. The number of phosphoric ester groups is 1. The minimum atomic E-state index is -4.63. The number of esters is 2. The Morgan fingerprint density at radius 3 is 1.43 bits per heavy atom. The minimum absolute atomic E-state index is 0.168. The molecule has 0 saturated carbocycles. The summed E-state index contributed by atoms with van der Waals surface area (Å²) in [7, 11) is -4.63. The van der Waals surface area contributed by atoms with Gasteiger partial charge in [-0.15, -0.1) is 0 Å². The van der Waals surface area contributed by atoms with Crippen molar-refractivity contribution < 1.29 is 47.8 Å². The summed E-state index contributed by atoms with van der Waals surface area (Å²) in [5.41, 5.74) is 0. The Bertz CT molecular complexity index is 1190. The molecule has 11 heteroatoms. The van der Waals surface area contributed by atoms with Gasteiger partial charge in [0.15, 0.2) is 6.10 Å². The summed E-state index contributed by atoms with van der Waals surface area (Å²) in [4.78, 5) is 35.0. The Morgan fingerprint density at radius 1 is 0.534 bits per heavy atom. The molecule has 3 atom stereocenters. The predicted molar refractivity (Wildman–Crippen MR) is 237 cm³/mol. The van der Waals surface area contributed by atoms with Crippen LogP contribution in [0.4, 0.5) is 0 Å². The Labute approximate surface area is 352 Å². The number of rotatable bonds is 41. The number of carbonyl (C=O) groups is 2.